The minimum atomic E-state index is -1.27. The third kappa shape index (κ3) is 4.60. The van der Waals surface area contributed by atoms with Crippen LogP contribution in [0, 0.1) is 11.6 Å². The maximum Gasteiger partial charge on any atom is 0.201 e. The largest absolute Gasteiger partial charge is 0.505 e. The number of pyridine rings is 1. The number of aliphatic hydroxyl groups excluding tert-OH is 1. The SMILES string of the molecule is CC(O)CCC/C=C/c1ccc(-c2ccc(O)c(F)c2F)nc1. The third-order valence-electron chi connectivity index (χ3n) is 3.43. The number of halogens is 2. The summed E-state index contributed by atoms with van der Waals surface area (Å²) in [7, 11) is 0. The van der Waals surface area contributed by atoms with Crippen molar-refractivity contribution >= 4 is 6.08 Å². The quantitative estimate of drug-likeness (QED) is 0.781. The van der Waals surface area contributed by atoms with E-state index in [9.17, 15) is 8.78 Å². The second kappa shape index (κ2) is 7.83. The van der Waals surface area contributed by atoms with Crippen molar-refractivity contribution in [3.63, 3.8) is 0 Å². The molecule has 23 heavy (non-hydrogen) atoms. The van der Waals surface area contributed by atoms with Crippen molar-refractivity contribution in [3.05, 3.63) is 53.7 Å². The molecule has 5 heteroatoms. The normalized spacial score (nSPS) is 12.7. The van der Waals surface area contributed by atoms with Gasteiger partial charge in [0.05, 0.1) is 11.8 Å². The number of unbranched alkanes of at least 4 members (excludes halogenated alkanes) is 1. The molecule has 1 heterocycles. The Bertz CT molecular complexity index is 682. The lowest BCUT2D eigenvalue weighted by molar-refractivity contribution is 0.182. The second-order valence-electron chi connectivity index (χ2n) is 5.42. The molecule has 1 aromatic carbocycles. The Hall–Kier alpha value is -2.27. The summed E-state index contributed by atoms with van der Waals surface area (Å²) in [5, 5.41) is 18.3. The zero-order chi connectivity index (χ0) is 16.8. The van der Waals surface area contributed by atoms with Crippen LogP contribution in [0.5, 0.6) is 5.75 Å². The summed E-state index contributed by atoms with van der Waals surface area (Å²) >= 11 is 0. The Morgan fingerprint density at radius 2 is 1.96 bits per heavy atom. The van der Waals surface area contributed by atoms with Crippen molar-refractivity contribution in [3.8, 4) is 17.0 Å². The van der Waals surface area contributed by atoms with E-state index in [2.05, 4.69) is 4.98 Å². The average molecular weight is 319 g/mol. The standard InChI is InChI=1S/C18H19F2NO2/c1-12(22)5-3-2-4-6-13-7-9-15(21-11-13)14-8-10-16(23)18(20)17(14)19/h4,6-12,22-23H,2-3,5H2,1H3/b6-4+. The van der Waals surface area contributed by atoms with E-state index in [0.717, 1.165) is 30.9 Å². The minimum Gasteiger partial charge on any atom is -0.505 e. The number of hydrogen-bond donors (Lipinski definition) is 2. The van der Waals surface area contributed by atoms with Crippen LogP contribution in [0.3, 0.4) is 0 Å². The van der Waals surface area contributed by atoms with Gasteiger partial charge in [-0.1, -0.05) is 18.2 Å². The smallest absolute Gasteiger partial charge is 0.201 e. The number of hydrogen-bond acceptors (Lipinski definition) is 3. The van der Waals surface area contributed by atoms with Gasteiger partial charge in [-0.05, 0) is 49.9 Å². The van der Waals surface area contributed by atoms with Crippen LogP contribution in [0.25, 0.3) is 17.3 Å². The highest BCUT2D eigenvalue weighted by atomic mass is 19.2. The Balaban J connectivity index is 2.05. The summed E-state index contributed by atoms with van der Waals surface area (Å²) in [5.74, 6) is -3.10. The van der Waals surface area contributed by atoms with E-state index >= 15 is 0 Å². The zero-order valence-electron chi connectivity index (χ0n) is 12.8. The van der Waals surface area contributed by atoms with Gasteiger partial charge in [0.15, 0.2) is 11.6 Å². The van der Waals surface area contributed by atoms with Gasteiger partial charge in [0.25, 0.3) is 0 Å². The summed E-state index contributed by atoms with van der Waals surface area (Å²) < 4.78 is 27.2. The molecule has 2 aromatic rings. The first kappa shape index (κ1) is 17.1. The van der Waals surface area contributed by atoms with Gasteiger partial charge in [0, 0.05) is 11.8 Å². The molecular formula is C18H19F2NO2. The van der Waals surface area contributed by atoms with Crippen LogP contribution in [0.4, 0.5) is 8.78 Å². The van der Waals surface area contributed by atoms with E-state index in [4.69, 9.17) is 10.2 Å². The molecule has 2 N–H and O–H groups in total. The van der Waals surface area contributed by atoms with Gasteiger partial charge in [-0.3, -0.25) is 4.98 Å². The molecule has 0 aliphatic heterocycles. The molecule has 0 amide bonds. The Labute approximate surface area is 133 Å². The highest BCUT2D eigenvalue weighted by molar-refractivity contribution is 5.63. The van der Waals surface area contributed by atoms with Gasteiger partial charge >= 0.3 is 0 Å². The van der Waals surface area contributed by atoms with Crippen molar-refractivity contribution in [1.82, 2.24) is 4.98 Å². The van der Waals surface area contributed by atoms with Gasteiger partial charge < -0.3 is 10.2 Å². The maximum absolute atomic E-state index is 13.8. The fourth-order valence-corrected chi connectivity index (χ4v) is 2.15. The van der Waals surface area contributed by atoms with E-state index in [-0.39, 0.29) is 11.7 Å². The van der Waals surface area contributed by atoms with Crippen LogP contribution < -0.4 is 0 Å². The highest BCUT2D eigenvalue weighted by Crippen LogP contribution is 2.28. The molecule has 1 atom stereocenters. The number of phenolic OH excluding ortho intramolecular Hbond substituents is 1. The van der Waals surface area contributed by atoms with E-state index in [0.29, 0.717) is 5.69 Å². The highest BCUT2D eigenvalue weighted by Gasteiger charge is 2.14. The number of aromatic nitrogens is 1. The van der Waals surface area contributed by atoms with Gasteiger partial charge in [0.1, 0.15) is 0 Å². The lowest BCUT2D eigenvalue weighted by Gasteiger charge is -2.05. The molecule has 0 spiro atoms. The van der Waals surface area contributed by atoms with Crippen LogP contribution in [0.1, 0.15) is 31.7 Å². The first-order chi connectivity index (χ1) is 11.0. The summed E-state index contributed by atoms with van der Waals surface area (Å²) in [6.07, 6.45) is 7.68. The fraction of sp³-hybridized carbons (Fsp3) is 0.278. The second-order valence-corrected chi connectivity index (χ2v) is 5.42. The molecule has 3 nitrogen and oxygen atoms in total. The molecular weight excluding hydrogens is 300 g/mol. The van der Waals surface area contributed by atoms with Crippen LogP contribution in [-0.4, -0.2) is 21.3 Å². The van der Waals surface area contributed by atoms with Crippen LogP contribution in [0.2, 0.25) is 0 Å². The molecule has 0 saturated heterocycles. The number of nitrogens with zero attached hydrogens (tertiary/aromatic N) is 1. The molecule has 0 saturated carbocycles. The lowest BCUT2D eigenvalue weighted by Crippen LogP contribution is -1.97. The van der Waals surface area contributed by atoms with Crippen LogP contribution in [-0.2, 0) is 0 Å². The van der Waals surface area contributed by atoms with E-state index in [1.165, 1.54) is 6.07 Å². The minimum absolute atomic E-state index is 0.00719. The van der Waals surface area contributed by atoms with Gasteiger partial charge in [-0.2, -0.15) is 4.39 Å². The van der Waals surface area contributed by atoms with E-state index in [1.807, 2.05) is 12.2 Å². The van der Waals surface area contributed by atoms with Crippen molar-refractivity contribution in [1.29, 1.82) is 0 Å². The van der Waals surface area contributed by atoms with Crippen molar-refractivity contribution in [2.75, 3.05) is 0 Å². The number of rotatable bonds is 6. The molecule has 0 radical (unpaired) electrons. The Morgan fingerprint density at radius 1 is 1.17 bits per heavy atom. The zero-order valence-corrected chi connectivity index (χ0v) is 12.8. The first-order valence-electron chi connectivity index (χ1n) is 7.47. The monoisotopic (exact) mass is 319 g/mol. The van der Waals surface area contributed by atoms with E-state index < -0.39 is 17.4 Å². The third-order valence-corrected chi connectivity index (χ3v) is 3.43. The molecule has 1 aromatic heterocycles. The first-order valence-corrected chi connectivity index (χ1v) is 7.47. The van der Waals surface area contributed by atoms with Crippen molar-refractivity contribution < 1.29 is 19.0 Å². The number of benzene rings is 1. The number of allylic oxidation sites excluding steroid dienone is 1. The van der Waals surface area contributed by atoms with Gasteiger partial charge in [0.2, 0.25) is 5.82 Å². The summed E-state index contributed by atoms with van der Waals surface area (Å²) in [6, 6.07) is 5.76. The van der Waals surface area contributed by atoms with Crippen LogP contribution in [0.15, 0.2) is 36.5 Å². The van der Waals surface area contributed by atoms with Crippen molar-refractivity contribution in [2.45, 2.75) is 32.3 Å². The molecule has 2 rings (SSSR count). The summed E-state index contributed by atoms with van der Waals surface area (Å²) in [4.78, 5) is 4.13. The molecule has 0 bridgehead atoms. The molecule has 1 unspecified atom stereocenters. The molecule has 0 aliphatic carbocycles. The topological polar surface area (TPSA) is 53.4 Å². The summed E-state index contributed by atoms with van der Waals surface area (Å²) in [6.45, 7) is 1.76. The predicted molar refractivity (Wildman–Crippen MR) is 85.8 cm³/mol. The number of phenols is 1. The number of aliphatic hydroxyl groups is 1. The Morgan fingerprint density at radius 3 is 2.61 bits per heavy atom. The molecule has 122 valence electrons. The van der Waals surface area contributed by atoms with Crippen LogP contribution >= 0.6 is 0 Å². The van der Waals surface area contributed by atoms with Gasteiger partial charge in [-0.25, -0.2) is 4.39 Å². The van der Waals surface area contributed by atoms with E-state index in [1.54, 1.807) is 25.3 Å². The lowest BCUT2D eigenvalue weighted by atomic mass is 10.1. The fourth-order valence-electron chi connectivity index (χ4n) is 2.15. The maximum atomic E-state index is 13.8. The summed E-state index contributed by atoms with van der Waals surface area (Å²) in [5.41, 5.74) is 1.16. The molecule has 0 fully saturated rings. The average Bonchev–Trinajstić information content (AvgIpc) is 2.53. The predicted octanol–water partition coefficient (Wildman–Crippen LogP) is 4.30. The van der Waals surface area contributed by atoms with Gasteiger partial charge in [-0.15, -0.1) is 0 Å². The number of aromatic hydroxyl groups is 1. The molecule has 0 aliphatic rings. The van der Waals surface area contributed by atoms with Crippen molar-refractivity contribution in [2.24, 2.45) is 0 Å². The Kier molecular flexibility index (Phi) is 5.82.